The number of aryl methyl sites for hydroxylation is 1. The molecule has 0 bridgehead atoms. The van der Waals surface area contributed by atoms with Crippen LogP contribution in [-0.2, 0) is 0 Å². The van der Waals surface area contributed by atoms with Crippen LogP contribution in [0.3, 0.4) is 0 Å². The number of hydrogen-bond acceptors (Lipinski definition) is 2. The Morgan fingerprint density at radius 2 is 2.17 bits per heavy atom. The molecule has 1 N–H and O–H groups in total. The molecule has 0 radical (unpaired) electrons. The van der Waals surface area contributed by atoms with Crippen molar-refractivity contribution < 1.29 is 4.39 Å². The number of aromatic nitrogens is 3. The second kappa shape index (κ2) is 4.17. The first-order valence-corrected chi connectivity index (χ1v) is 6.21. The fourth-order valence-electron chi connectivity index (χ4n) is 1.82. The van der Waals surface area contributed by atoms with Crippen LogP contribution in [0.2, 0.25) is 0 Å². The van der Waals surface area contributed by atoms with Crippen molar-refractivity contribution in [3.05, 3.63) is 46.3 Å². The Morgan fingerprint density at radius 3 is 3.00 bits per heavy atom. The average Bonchev–Trinajstić information content (AvgIpc) is 2.75. The summed E-state index contributed by atoms with van der Waals surface area (Å²) in [6.07, 6.45) is 1.74. The molecule has 2 aromatic heterocycles. The number of halogens is 2. The zero-order valence-corrected chi connectivity index (χ0v) is 11.1. The molecule has 0 saturated heterocycles. The van der Waals surface area contributed by atoms with Crippen LogP contribution in [0.4, 0.5) is 4.39 Å². The van der Waals surface area contributed by atoms with Gasteiger partial charge in [0.1, 0.15) is 11.6 Å². The molecule has 0 atom stereocenters. The fourth-order valence-corrected chi connectivity index (χ4v) is 2.18. The number of imidazole rings is 1. The lowest BCUT2D eigenvalue weighted by atomic mass is 10.2. The van der Waals surface area contributed by atoms with Gasteiger partial charge in [0.15, 0.2) is 5.65 Å². The van der Waals surface area contributed by atoms with E-state index in [2.05, 4.69) is 30.9 Å². The summed E-state index contributed by atoms with van der Waals surface area (Å²) in [7, 11) is 0. The molecule has 3 aromatic rings. The van der Waals surface area contributed by atoms with Crippen molar-refractivity contribution in [3.63, 3.8) is 0 Å². The van der Waals surface area contributed by atoms with Crippen molar-refractivity contribution in [2.75, 3.05) is 0 Å². The predicted molar refractivity (Wildman–Crippen MR) is 71.7 cm³/mol. The van der Waals surface area contributed by atoms with Gasteiger partial charge in [-0.05, 0) is 46.6 Å². The quantitative estimate of drug-likeness (QED) is 0.742. The Labute approximate surface area is 111 Å². The van der Waals surface area contributed by atoms with E-state index in [9.17, 15) is 4.39 Å². The molecule has 18 heavy (non-hydrogen) atoms. The van der Waals surface area contributed by atoms with Crippen LogP contribution in [0.15, 0.2) is 34.9 Å². The molecule has 3 nitrogen and oxygen atoms in total. The Bertz CT molecular complexity index is 736. The van der Waals surface area contributed by atoms with E-state index < -0.39 is 0 Å². The van der Waals surface area contributed by atoms with Crippen LogP contribution in [0, 0.1) is 12.7 Å². The van der Waals surface area contributed by atoms with Crippen molar-refractivity contribution in [1.82, 2.24) is 15.0 Å². The number of fused-ring (bicyclic) bond motifs is 1. The molecule has 0 spiro atoms. The van der Waals surface area contributed by atoms with E-state index in [4.69, 9.17) is 0 Å². The number of pyridine rings is 1. The summed E-state index contributed by atoms with van der Waals surface area (Å²) < 4.78 is 14.4. The third-order valence-electron chi connectivity index (χ3n) is 2.68. The first-order valence-electron chi connectivity index (χ1n) is 5.42. The van der Waals surface area contributed by atoms with E-state index in [0.29, 0.717) is 21.5 Å². The van der Waals surface area contributed by atoms with Gasteiger partial charge < -0.3 is 4.98 Å². The first-order chi connectivity index (χ1) is 8.65. The van der Waals surface area contributed by atoms with Gasteiger partial charge in [-0.3, -0.25) is 0 Å². The van der Waals surface area contributed by atoms with Crippen LogP contribution in [-0.4, -0.2) is 15.0 Å². The number of aromatic amines is 1. The van der Waals surface area contributed by atoms with E-state index in [0.717, 1.165) is 11.1 Å². The maximum absolute atomic E-state index is 14.0. The predicted octanol–water partition coefficient (Wildman–Crippen LogP) is 3.83. The summed E-state index contributed by atoms with van der Waals surface area (Å²) in [5.41, 5.74) is 2.87. The molecular formula is C13H9BrFN3. The molecule has 0 fully saturated rings. The molecule has 0 aliphatic heterocycles. The topological polar surface area (TPSA) is 41.6 Å². The lowest BCUT2D eigenvalue weighted by Gasteiger charge is -2.00. The minimum absolute atomic E-state index is 0.326. The molecule has 3 rings (SSSR count). The summed E-state index contributed by atoms with van der Waals surface area (Å²) >= 11 is 3.17. The molecular weight excluding hydrogens is 297 g/mol. The molecule has 90 valence electrons. The van der Waals surface area contributed by atoms with Crippen LogP contribution >= 0.6 is 15.9 Å². The third kappa shape index (κ3) is 1.80. The molecule has 0 aliphatic carbocycles. The Kier molecular flexibility index (Phi) is 2.63. The molecule has 5 heteroatoms. The van der Waals surface area contributed by atoms with Gasteiger partial charge in [0.25, 0.3) is 0 Å². The fraction of sp³-hybridized carbons (Fsp3) is 0.0769. The second-order valence-electron chi connectivity index (χ2n) is 4.07. The SMILES string of the molecule is Cc1cnc2nc(-c3cccc(Br)c3F)[nH]c2c1. The molecule has 0 saturated carbocycles. The summed E-state index contributed by atoms with van der Waals surface area (Å²) in [5.74, 6) is 0.162. The monoisotopic (exact) mass is 305 g/mol. The second-order valence-corrected chi connectivity index (χ2v) is 4.92. The zero-order chi connectivity index (χ0) is 12.7. The maximum Gasteiger partial charge on any atom is 0.178 e. The van der Waals surface area contributed by atoms with Crippen molar-refractivity contribution in [1.29, 1.82) is 0 Å². The smallest absolute Gasteiger partial charge is 0.178 e. The number of hydrogen-bond donors (Lipinski definition) is 1. The van der Waals surface area contributed by atoms with Gasteiger partial charge in [-0.2, -0.15) is 0 Å². The summed E-state index contributed by atoms with van der Waals surface area (Å²) in [5, 5.41) is 0. The highest BCUT2D eigenvalue weighted by molar-refractivity contribution is 9.10. The summed E-state index contributed by atoms with van der Waals surface area (Å²) in [6, 6.07) is 7.05. The van der Waals surface area contributed by atoms with Gasteiger partial charge in [0, 0.05) is 6.20 Å². The van der Waals surface area contributed by atoms with E-state index in [1.807, 2.05) is 13.0 Å². The van der Waals surface area contributed by atoms with Crippen molar-refractivity contribution >= 4 is 27.1 Å². The highest BCUT2D eigenvalue weighted by Gasteiger charge is 2.12. The maximum atomic E-state index is 14.0. The Hall–Kier alpha value is -1.75. The minimum atomic E-state index is -0.326. The summed E-state index contributed by atoms with van der Waals surface area (Å²) in [4.78, 5) is 11.6. The normalized spacial score (nSPS) is 11.1. The van der Waals surface area contributed by atoms with Gasteiger partial charge >= 0.3 is 0 Å². The summed E-state index contributed by atoms with van der Waals surface area (Å²) in [6.45, 7) is 1.95. The van der Waals surface area contributed by atoms with Crippen molar-refractivity contribution in [2.45, 2.75) is 6.92 Å². The van der Waals surface area contributed by atoms with Crippen molar-refractivity contribution in [2.24, 2.45) is 0 Å². The molecule has 0 unspecified atom stereocenters. The number of nitrogens with zero attached hydrogens (tertiary/aromatic N) is 2. The molecule has 0 aliphatic rings. The Balaban J connectivity index is 2.22. The lowest BCUT2D eigenvalue weighted by Crippen LogP contribution is -1.87. The van der Waals surface area contributed by atoms with Gasteiger partial charge in [-0.1, -0.05) is 6.07 Å². The van der Waals surface area contributed by atoms with Gasteiger partial charge in [-0.15, -0.1) is 0 Å². The van der Waals surface area contributed by atoms with Gasteiger partial charge in [0.05, 0.1) is 15.6 Å². The number of rotatable bonds is 1. The van der Waals surface area contributed by atoms with Gasteiger partial charge in [0.2, 0.25) is 0 Å². The van der Waals surface area contributed by atoms with E-state index in [-0.39, 0.29) is 5.82 Å². The Morgan fingerprint density at radius 1 is 1.33 bits per heavy atom. The number of benzene rings is 1. The van der Waals surface area contributed by atoms with Crippen LogP contribution in [0.25, 0.3) is 22.6 Å². The minimum Gasteiger partial charge on any atom is -0.336 e. The molecule has 1 aromatic carbocycles. The van der Waals surface area contributed by atoms with Gasteiger partial charge in [-0.25, -0.2) is 14.4 Å². The highest BCUT2D eigenvalue weighted by Crippen LogP contribution is 2.27. The zero-order valence-electron chi connectivity index (χ0n) is 9.54. The molecule has 2 heterocycles. The first kappa shape index (κ1) is 11.3. The third-order valence-corrected chi connectivity index (χ3v) is 3.29. The number of nitrogens with one attached hydrogen (secondary N) is 1. The standard InChI is InChI=1S/C13H9BrFN3/c1-7-5-10-13(16-6-7)18-12(17-10)8-3-2-4-9(14)11(8)15/h2-6H,1H3,(H,16,17,18). The van der Waals surface area contributed by atoms with Crippen LogP contribution in [0.1, 0.15) is 5.56 Å². The molecule has 0 amide bonds. The van der Waals surface area contributed by atoms with Crippen LogP contribution in [0.5, 0.6) is 0 Å². The van der Waals surface area contributed by atoms with E-state index in [1.165, 1.54) is 0 Å². The van der Waals surface area contributed by atoms with Crippen molar-refractivity contribution in [3.8, 4) is 11.4 Å². The van der Waals surface area contributed by atoms with E-state index >= 15 is 0 Å². The lowest BCUT2D eigenvalue weighted by molar-refractivity contribution is 0.623. The van der Waals surface area contributed by atoms with E-state index in [1.54, 1.807) is 24.4 Å². The average molecular weight is 306 g/mol. The number of H-pyrrole nitrogens is 1. The highest BCUT2D eigenvalue weighted by atomic mass is 79.9. The van der Waals surface area contributed by atoms with Crippen LogP contribution < -0.4 is 0 Å². The largest absolute Gasteiger partial charge is 0.336 e.